The van der Waals surface area contributed by atoms with E-state index in [1.807, 2.05) is 6.92 Å². The molecule has 0 aromatic carbocycles. The Kier molecular flexibility index (Phi) is 4.04. The molecule has 0 saturated carbocycles. The highest BCUT2D eigenvalue weighted by molar-refractivity contribution is 9.10. The largest absolute Gasteiger partial charge is 0.383 e. The summed E-state index contributed by atoms with van der Waals surface area (Å²) in [4.78, 5) is 29.8. The predicted molar refractivity (Wildman–Crippen MR) is 74.5 cm³/mol. The normalized spacial score (nSPS) is 19.2. The maximum atomic E-state index is 12.5. The van der Waals surface area contributed by atoms with Crippen molar-refractivity contribution in [3.63, 3.8) is 0 Å². The monoisotopic (exact) mass is 326 g/mol. The van der Waals surface area contributed by atoms with E-state index in [9.17, 15) is 9.59 Å². The van der Waals surface area contributed by atoms with Gasteiger partial charge in [-0.05, 0) is 28.4 Å². The van der Waals surface area contributed by atoms with E-state index in [0.717, 1.165) is 0 Å². The molecule has 6 nitrogen and oxygen atoms in total. The quantitative estimate of drug-likeness (QED) is 0.840. The number of nitrogens with one attached hydrogen (secondary N) is 1. The zero-order valence-electron chi connectivity index (χ0n) is 10.5. The van der Waals surface area contributed by atoms with E-state index in [1.54, 1.807) is 11.0 Å². The topological polar surface area (TPSA) is 88.3 Å². The van der Waals surface area contributed by atoms with Crippen LogP contribution in [0.15, 0.2) is 16.7 Å². The molecule has 0 bridgehead atoms. The van der Waals surface area contributed by atoms with Crippen LogP contribution in [0.3, 0.4) is 0 Å². The van der Waals surface area contributed by atoms with E-state index in [4.69, 9.17) is 5.73 Å². The molecule has 0 radical (unpaired) electrons. The van der Waals surface area contributed by atoms with Gasteiger partial charge in [-0.15, -0.1) is 0 Å². The van der Waals surface area contributed by atoms with Crippen LogP contribution in [0.1, 0.15) is 23.7 Å². The first-order chi connectivity index (χ1) is 9.04. The lowest BCUT2D eigenvalue weighted by Crippen LogP contribution is -2.57. The molecule has 1 fully saturated rings. The molecule has 1 atom stereocenters. The lowest BCUT2D eigenvalue weighted by molar-refractivity contribution is -0.127. The molecule has 1 aliphatic heterocycles. The van der Waals surface area contributed by atoms with Crippen molar-refractivity contribution in [2.24, 2.45) is 0 Å². The number of carbonyl (C=O) groups is 2. The third-order valence-electron chi connectivity index (χ3n) is 3.09. The van der Waals surface area contributed by atoms with Crippen LogP contribution in [0, 0.1) is 0 Å². The zero-order valence-corrected chi connectivity index (χ0v) is 12.1. The Hall–Kier alpha value is -1.63. The fourth-order valence-corrected chi connectivity index (χ4v) is 2.47. The van der Waals surface area contributed by atoms with Crippen LogP contribution < -0.4 is 11.1 Å². The summed E-state index contributed by atoms with van der Waals surface area (Å²) in [5.74, 6) is -0.203. The number of hydrogen-bond acceptors (Lipinski definition) is 4. The molecule has 1 unspecified atom stereocenters. The first-order valence-electron chi connectivity index (χ1n) is 6.04. The minimum Gasteiger partial charge on any atom is -0.383 e. The van der Waals surface area contributed by atoms with Gasteiger partial charge in [0.05, 0.1) is 5.56 Å². The molecule has 1 saturated heterocycles. The summed E-state index contributed by atoms with van der Waals surface area (Å²) < 4.78 is 0.680. The third-order valence-corrected chi connectivity index (χ3v) is 3.53. The summed E-state index contributed by atoms with van der Waals surface area (Å²) in [6, 6.07) is 1.18. The van der Waals surface area contributed by atoms with Crippen molar-refractivity contribution in [1.29, 1.82) is 0 Å². The number of amides is 2. The summed E-state index contributed by atoms with van der Waals surface area (Å²) >= 11 is 3.26. The molecular formula is C12H15BrN4O2. The fraction of sp³-hybridized carbons (Fsp3) is 0.417. The highest BCUT2D eigenvalue weighted by atomic mass is 79.9. The molecule has 1 aliphatic rings. The summed E-state index contributed by atoms with van der Waals surface area (Å²) in [7, 11) is 0. The molecule has 19 heavy (non-hydrogen) atoms. The Morgan fingerprint density at radius 2 is 2.42 bits per heavy atom. The van der Waals surface area contributed by atoms with E-state index in [1.165, 1.54) is 6.20 Å². The SMILES string of the molecule is CCC1C(=O)NCCN1C(=O)c1cc(Br)cnc1N. The Morgan fingerprint density at radius 3 is 3.11 bits per heavy atom. The fourth-order valence-electron chi connectivity index (χ4n) is 2.14. The number of hydrogen-bond donors (Lipinski definition) is 2. The van der Waals surface area contributed by atoms with Crippen molar-refractivity contribution < 1.29 is 9.59 Å². The Bertz CT molecular complexity index is 520. The standard InChI is InChI=1S/C12H15BrN4O2/c1-2-9-11(18)15-3-4-17(9)12(19)8-5-7(13)6-16-10(8)14/h5-6,9H,2-4H2,1H3,(H2,14,16)(H,15,18). The first-order valence-corrected chi connectivity index (χ1v) is 6.83. The highest BCUT2D eigenvalue weighted by Crippen LogP contribution is 2.20. The van der Waals surface area contributed by atoms with Gasteiger partial charge in [0.2, 0.25) is 5.91 Å². The van der Waals surface area contributed by atoms with Crippen LogP contribution >= 0.6 is 15.9 Å². The first kappa shape index (κ1) is 13.8. The number of nitrogens with two attached hydrogens (primary N) is 1. The summed E-state index contributed by atoms with van der Waals surface area (Å²) in [6.07, 6.45) is 2.10. The van der Waals surface area contributed by atoms with E-state index >= 15 is 0 Å². The van der Waals surface area contributed by atoms with Crippen molar-refractivity contribution in [2.45, 2.75) is 19.4 Å². The van der Waals surface area contributed by atoms with Gasteiger partial charge in [-0.3, -0.25) is 9.59 Å². The van der Waals surface area contributed by atoms with Gasteiger partial charge in [0.1, 0.15) is 11.9 Å². The summed E-state index contributed by atoms with van der Waals surface area (Å²) in [5, 5.41) is 2.76. The average Bonchev–Trinajstić information content (AvgIpc) is 2.40. The number of anilines is 1. The number of halogens is 1. The lowest BCUT2D eigenvalue weighted by Gasteiger charge is -2.34. The molecular weight excluding hydrogens is 312 g/mol. The number of carbonyl (C=O) groups excluding carboxylic acids is 2. The van der Waals surface area contributed by atoms with Gasteiger partial charge in [-0.25, -0.2) is 4.98 Å². The second kappa shape index (κ2) is 5.56. The number of aromatic nitrogens is 1. The van der Waals surface area contributed by atoms with Crippen molar-refractivity contribution in [3.8, 4) is 0 Å². The van der Waals surface area contributed by atoms with Gasteiger partial charge < -0.3 is 16.0 Å². The van der Waals surface area contributed by atoms with Gasteiger partial charge in [0.25, 0.3) is 5.91 Å². The highest BCUT2D eigenvalue weighted by Gasteiger charge is 2.33. The number of nitrogens with zero attached hydrogens (tertiary/aromatic N) is 2. The van der Waals surface area contributed by atoms with Crippen molar-refractivity contribution in [2.75, 3.05) is 18.8 Å². The smallest absolute Gasteiger partial charge is 0.258 e. The van der Waals surface area contributed by atoms with Gasteiger partial charge in [-0.1, -0.05) is 6.92 Å². The van der Waals surface area contributed by atoms with Gasteiger partial charge >= 0.3 is 0 Å². The minimum atomic E-state index is -0.445. The molecule has 0 spiro atoms. The van der Waals surface area contributed by atoms with Gasteiger partial charge in [0.15, 0.2) is 0 Å². The van der Waals surface area contributed by atoms with Crippen LogP contribution in [0.4, 0.5) is 5.82 Å². The van der Waals surface area contributed by atoms with E-state index in [0.29, 0.717) is 29.5 Å². The molecule has 1 aromatic heterocycles. The second-order valence-electron chi connectivity index (χ2n) is 4.30. The summed E-state index contributed by atoms with van der Waals surface area (Å²) in [6.45, 7) is 2.82. The Morgan fingerprint density at radius 1 is 1.68 bits per heavy atom. The lowest BCUT2D eigenvalue weighted by atomic mass is 10.1. The average molecular weight is 327 g/mol. The van der Waals surface area contributed by atoms with E-state index < -0.39 is 6.04 Å². The van der Waals surface area contributed by atoms with Gasteiger partial charge in [-0.2, -0.15) is 0 Å². The molecule has 7 heteroatoms. The van der Waals surface area contributed by atoms with Crippen LogP contribution in [0.5, 0.6) is 0 Å². The number of rotatable bonds is 2. The molecule has 2 rings (SSSR count). The Labute approximate surface area is 119 Å². The molecule has 2 amide bonds. The number of pyridine rings is 1. The third kappa shape index (κ3) is 2.70. The molecule has 0 aliphatic carbocycles. The van der Waals surface area contributed by atoms with Crippen molar-refractivity contribution >= 4 is 33.6 Å². The molecule has 1 aromatic rings. The van der Waals surface area contributed by atoms with Crippen molar-refractivity contribution in [1.82, 2.24) is 15.2 Å². The predicted octanol–water partition coefficient (Wildman–Crippen LogP) is 0.777. The van der Waals surface area contributed by atoms with Gasteiger partial charge in [0, 0.05) is 23.8 Å². The van der Waals surface area contributed by atoms with Crippen LogP contribution in [0.25, 0.3) is 0 Å². The second-order valence-corrected chi connectivity index (χ2v) is 5.22. The maximum Gasteiger partial charge on any atom is 0.258 e. The molecule has 2 heterocycles. The number of piperazine rings is 1. The number of nitrogen functional groups attached to an aromatic ring is 1. The zero-order chi connectivity index (χ0) is 14.0. The maximum absolute atomic E-state index is 12.5. The molecule has 102 valence electrons. The van der Waals surface area contributed by atoms with Crippen LogP contribution in [-0.2, 0) is 4.79 Å². The van der Waals surface area contributed by atoms with E-state index in [2.05, 4.69) is 26.2 Å². The van der Waals surface area contributed by atoms with Crippen LogP contribution in [-0.4, -0.2) is 40.8 Å². The summed E-state index contributed by atoms with van der Waals surface area (Å²) in [5.41, 5.74) is 6.06. The molecule has 3 N–H and O–H groups in total. The van der Waals surface area contributed by atoms with Crippen molar-refractivity contribution in [3.05, 3.63) is 22.3 Å². The Balaban J connectivity index is 2.32. The van der Waals surface area contributed by atoms with E-state index in [-0.39, 0.29) is 17.6 Å². The minimum absolute atomic E-state index is 0.122. The van der Waals surface area contributed by atoms with Crippen LogP contribution in [0.2, 0.25) is 0 Å².